The first kappa shape index (κ1) is 18.1. The predicted molar refractivity (Wildman–Crippen MR) is 106 cm³/mol. The maximum absolute atomic E-state index is 15.2. The number of halogens is 2. The number of aromatic amines is 1. The average molecular weight is 396 g/mol. The topological polar surface area (TPSA) is 67.9 Å². The second-order valence-corrected chi connectivity index (χ2v) is 6.74. The number of H-pyrrole nitrogens is 1. The quantitative estimate of drug-likeness (QED) is 0.538. The zero-order valence-electron chi connectivity index (χ0n) is 14.9. The molecule has 0 atom stereocenters. The molecule has 0 amide bonds. The summed E-state index contributed by atoms with van der Waals surface area (Å²) >= 11 is 6.20. The summed E-state index contributed by atoms with van der Waals surface area (Å²) in [6.45, 7) is 1.67. The van der Waals surface area contributed by atoms with Gasteiger partial charge in [-0.1, -0.05) is 35.9 Å². The molecule has 0 fully saturated rings. The molecule has 0 bridgehead atoms. The highest BCUT2D eigenvalue weighted by atomic mass is 35.5. The number of pyridine rings is 1. The van der Waals surface area contributed by atoms with Crippen LogP contribution in [0.25, 0.3) is 10.9 Å². The van der Waals surface area contributed by atoms with E-state index in [0.29, 0.717) is 28.1 Å². The second-order valence-electron chi connectivity index (χ2n) is 6.33. The van der Waals surface area contributed by atoms with Crippen LogP contribution in [0.1, 0.15) is 16.8 Å². The van der Waals surface area contributed by atoms with E-state index in [2.05, 4.69) is 15.2 Å². The molecule has 0 saturated carbocycles. The second kappa shape index (κ2) is 7.40. The van der Waals surface area contributed by atoms with Gasteiger partial charge in [0.1, 0.15) is 5.52 Å². The minimum Gasteiger partial charge on any atom is -0.450 e. The van der Waals surface area contributed by atoms with Gasteiger partial charge in [0.25, 0.3) is 5.56 Å². The summed E-state index contributed by atoms with van der Waals surface area (Å²) in [7, 11) is 0. The van der Waals surface area contributed by atoms with Crippen LogP contribution < -0.4 is 10.3 Å². The summed E-state index contributed by atoms with van der Waals surface area (Å²) in [5, 5.41) is 7.39. The summed E-state index contributed by atoms with van der Waals surface area (Å²) in [4.78, 5) is 15.8. The van der Waals surface area contributed by atoms with Gasteiger partial charge < -0.3 is 4.74 Å². The molecule has 2 aromatic carbocycles. The lowest BCUT2D eigenvalue weighted by Crippen LogP contribution is -2.13. The predicted octanol–water partition coefficient (Wildman–Crippen LogP) is 4.80. The van der Waals surface area contributed by atoms with Gasteiger partial charge >= 0.3 is 0 Å². The molecule has 0 aliphatic heterocycles. The van der Waals surface area contributed by atoms with Crippen LogP contribution in [0.2, 0.25) is 5.02 Å². The number of para-hydroxylation sites is 1. The molecule has 0 saturated heterocycles. The Morgan fingerprint density at radius 3 is 2.82 bits per heavy atom. The zero-order chi connectivity index (χ0) is 19.7. The standard InChI is InChI=1S/C21H15ClFN3O2/c1-12-10-15(25-26-21(12)27)11-14-7-8-16(22)20(18(14)23)28-17-6-2-4-13-5-3-9-24-19(13)17/h2-10H,11H2,1H3,(H,26,27). The van der Waals surface area contributed by atoms with E-state index >= 15 is 4.39 Å². The van der Waals surface area contributed by atoms with E-state index in [4.69, 9.17) is 16.3 Å². The van der Waals surface area contributed by atoms with Crippen molar-refractivity contribution in [3.63, 3.8) is 0 Å². The van der Waals surface area contributed by atoms with Gasteiger partial charge in [0, 0.05) is 23.6 Å². The van der Waals surface area contributed by atoms with E-state index in [9.17, 15) is 4.79 Å². The number of rotatable bonds is 4. The average Bonchev–Trinajstić information content (AvgIpc) is 2.70. The summed E-state index contributed by atoms with van der Waals surface area (Å²) < 4.78 is 21.0. The van der Waals surface area contributed by atoms with E-state index in [0.717, 1.165) is 5.39 Å². The lowest BCUT2D eigenvalue weighted by molar-refractivity contribution is 0.442. The maximum Gasteiger partial charge on any atom is 0.267 e. The molecule has 28 heavy (non-hydrogen) atoms. The number of fused-ring (bicyclic) bond motifs is 1. The van der Waals surface area contributed by atoms with Crippen LogP contribution in [0.5, 0.6) is 11.5 Å². The Balaban J connectivity index is 1.72. The van der Waals surface area contributed by atoms with E-state index < -0.39 is 5.82 Å². The van der Waals surface area contributed by atoms with Gasteiger partial charge in [0.15, 0.2) is 17.3 Å². The van der Waals surface area contributed by atoms with Gasteiger partial charge in [0.2, 0.25) is 0 Å². The summed E-state index contributed by atoms with van der Waals surface area (Å²) in [5.74, 6) is -0.237. The Labute approximate surface area is 164 Å². The Bertz CT molecular complexity index is 1230. The molecule has 2 heterocycles. The molecule has 1 N–H and O–H groups in total. The number of aromatic nitrogens is 3. The number of benzene rings is 2. The number of hydrogen-bond donors (Lipinski definition) is 1. The number of ether oxygens (including phenoxy) is 1. The fourth-order valence-corrected chi connectivity index (χ4v) is 3.10. The lowest BCUT2D eigenvalue weighted by atomic mass is 10.1. The third-order valence-corrected chi connectivity index (χ3v) is 4.65. The van der Waals surface area contributed by atoms with E-state index in [1.807, 2.05) is 24.3 Å². The zero-order valence-corrected chi connectivity index (χ0v) is 15.6. The first-order valence-electron chi connectivity index (χ1n) is 8.56. The van der Waals surface area contributed by atoms with E-state index in [1.165, 1.54) is 0 Å². The lowest BCUT2D eigenvalue weighted by Gasteiger charge is -2.13. The molecule has 5 nitrogen and oxygen atoms in total. The molecule has 140 valence electrons. The Morgan fingerprint density at radius 1 is 1.18 bits per heavy atom. The van der Waals surface area contributed by atoms with E-state index in [-0.39, 0.29) is 22.8 Å². The highest BCUT2D eigenvalue weighted by Crippen LogP contribution is 2.36. The van der Waals surface area contributed by atoms with Crippen molar-refractivity contribution in [3.05, 3.63) is 92.7 Å². The fourth-order valence-electron chi connectivity index (χ4n) is 2.92. The molecule has 0 aliphatic rings. The molecule has 0 spiro atoms. The highest BCUT2D eigenvalue weighted by Gasteiger charge is 2.17. The monoisotopic (exact) mass is 395 g/mol. The van der Waals surface area contributed by atoms with Gasteiger partial charge in [-0.25, -0.2) is 9.49 Å². The SMILES string of the molecule is Cc1cc(Cc2ccc(Cl)c(Oc3cccc4cccnc34)c2F)n[nH]c1=O. The number of aryl methyl sites for hydroxylation is 1. The van der Waals surface area contributed by atoms with Crippen LogP contribution in [-0.4, -0.2) is 15.2 Å². The fraction of sp³-hybridized carbons (Fsp3) is 0.0952. The van der Waals surface area contributed by atoms with Gasteiger partial charge in [-0.05, 0) is 36.8 Å². The normalized spacial score (nSPS) is 11.0. The summed E-state index contributed by atoms with van der Waals surface area (Å²) in [6, 6.07) is 13.9. The van der Waals surface area contributed by atoms with Gasteiger partial charge in [-0.3, -0.25) is 9.78 Å². The number of hydrogen-bond acceptors (Lipinski definition) is 4. The molecule has 4 aromatic rings. The number of nitrogens with zero attached hydrogens (tertiary/aromatic N) is 2. The van der Waals surface area contributed by atoms with Crippen molar-refractivity contribution in [1.29, 1.82) is 0 Å². The molecular weight excluding hydrogens is 381 g/mol. The molecule has 7 heteroatoms. The smallest absolute Gasteiger partial charge is 0.267 e. The maximum atomic E-state index is 15.2. The van der Waals surface area contributed by atoms with Crippen LogP contribution in [0.15, 0.2) is 59.5 Å². The van der Waals surface area contributed by atoms with Crippen molar-refractivity contribution in [3.8, 4) is 11.5 Å². The Hall–Kier alpha value is -3.25. The molecule has 0 aliphatic carbocycles. The van der Waals surface area contributed by atoms with Crippen molar-refractivity contribution in [1.82, 2.24) is 15.2 Å². The van der Waals surface area contributed by atoms with Crippen molar-refractivity contribution in [2.75, 3.05) is 0 Å². The van der Waals surface area contributed by atoms with Gasteiger partial charge in [-0.2, -0.15) is 5.10 Å². The van der Waals surface area contributed by atoms with Crippen LogP contribution >= 0.6 is 11.6 Å². The Morgan fingerprint density at radius 2 is 2.00 bits per heavy atom. The van der Waals surface area contributed by atoms with Crippen molar-refractivity contribution < 1.29 is 9.13 Å². The third-order valence-electron chi connectivity index (χ3n) is 4.35. The first-order valence-corrected chi connectivity index (χ1v) is 8.94. The van der Waals surface area contributed by atoms with Crippen molar-refractivity contribution in [2.24, 2.45) is 0 Å². The molecule has 4 rings (SSSR count). The molecule has 0 radical (unpaired) electrons. The minimum absolute atomic E-state index is 0.0709. The summed E-state index contributed by atoms with van der Waals surface area (Å²) in [5.41, 5.74) is 1.75. The van der Waals surface area contributed by atoms with Crippen molar-refractivity contribution in [2.45, 2.75) is 13.3 Å². The van der Waals surface area contributed by atoms with Crippen LogP contribution in [-0.2, 0) is 6.42 Å². The van der Waals surface area contributed by atoms with E-state index in [1.54, 1.807) is 37.4 Å². The van der Waals surface area contributed by atoms with Crippen LogP contribution in [0, 0.1) is 12.7 Å². The number of nitrogens with one attached hydrogen (secondary N) is 1. The van der Waals surface area contributed by atoms with Crippen LogP contribution in [0.3, 0.4) is 0 Å². The van der Waals surface area contributed by atoms with Crippen LogP contribution in [0.4, 0.5) is 4.39 Å². The molecule has 0 unspecified atom stereocenters. The largest absolute Gasteiger partial charge is 0.450 e. The highest BCUT2D eigenvalue weighted by molar-refractivity contribution is 6.32. The first-order chi connectivity index (χ1) is 13.5. The molecular formula is C21H15ClFN3O2. The third kappa shape index (κ3) is 3.46. The van der Waals surface area contributed by atoms with Gasteiger partial charge in [0.05, 0.1) is 10.7 Å². The summed E-state index contributed by atoms with van der Waals surface area (Å²) in [6.07, 6.45) is 1.83. The van der Waals surface area contributed by atoms with Crippen molar-refractivity contribution >= 4 is 22.5 Å². The van der Waals surface area contributed by atoms with Gasteiger partial charge in [-0.15, -0.1) is 0 Å². The Kier molecular flexibility index (Phi) is 4.79. The minimum atomic E-state index is -0.578. The molecule has 2 aromatic heterocycles.